The number of carbonyl (C=O) groups is 2. The third-order valence-electron chi connectivity index (χ3n) is 6.02. The lowest BCUT2D eigenvalue weighted by atomic mass is 9.66. The second-order valence-electron chi connectivity index (χ2n) is 7.26. The number of halogens is 1. The predicted octanol–water partition coefficient (Wildman–Crippen LogP) is 4.12. The van der Waals surface area contributed by atoms with Crippen LogP contribution in [0, 0.1) is 10.8 Å². The van der Waals surface area contributed by atoms with E-state index in [1.165, 1.54) is 11.3 Å². The number of nitrogens with one attached hydrogen (secondary N) is 1. The summed E-state index contributed by atoms with van der Waals surface area (Å²) >= 11 is 4.84. The summed E-state index contributed by atoms with van der Waals surface area (Å²) in [7, 11) is 0. The number of anilines is 1. The molecule has 1 aromatic carbocycles. The molecule has 1 saturated heterocycles. The predicted molar refractivity (Wildman–Crippen MR) is 95.9 cm³/mol. The van der Waals surface area contributed by atoms with E-state index < -0.39 is 16.4 Å². The fraction of sp³-hybridized carbons (Fsp3) is 0.471. The van der Waals surface area contributed by atoms with Crippen LogP contribution in [-0.2, 0) is 14.3 Å². The minimum absolute atomic E-state index is 0.276. The van der Waals surface area contributed by atoms with Gasteiger partial charge >= 0.3 is 5.97 Å². The molecule has 7 heteroatoms. The molecule has 2 fully saturated rings. The molecule has 1 saturated carbocycles. The van der Waals surface area contributed by atoms with Gasteiger partial charge in [-0.1, -0.05) is 41.1 Å². The van der Waals surface area contributed by atoms with Crippen molar-refractivity contribution in [2.45, 2.75) is 39.2 Å². The number of hydrogen-bond acceptors (Lipinski definition) is 5. The molecule has 0 spiro atoms. The Morgan fingerprint density at radius 3 is 2.71 bits per heavy atom. The lowest BCUT2D eigenvalue weighted by Crippen LogP contribution is -2.50. The smallest absolute Gasteiger partial charge is 0.313 e. The van der Waals surface area contributed by atoms with Crippen LogP contribution in [0.25, 0.3) is 10.2 Å². The monoisotopic (exact) mass is 408 g/mol. The Morgan fingerprint density at radius 2 is 2.08 bits per heavy atom. The van der Waals surface area contributed by atoms with Gasteiger partial charge in [-0.05, 0) is 38.0 Å². The number of esters is 1. The first-order valence-corrected chi connectivity index (χ1v) is 9.42. The van der Waals surface area contributed by atoms with E-state index in [0.717, 1.165) is 14.7 Å². The van der Waals surface area contributed by atoms with Gasteiger partial charge in [0.1, 0.15) is 0 Å². The van der Waals surface area contributed by atoms with Gasteiger partial charge in [0.15, 0.2) is 10.7 Å². The van der Waals surface area contributed by atoms with E-state index in [1.54, 1.807) is 0 Å². The van der Waals surface area contributed by atoms with Crippen molar-refractivity contribution in [3.8, 4) is 0 Å². The summed E-state index contributed by atoms with van der Waals surface area (Å²) in [5, 5.41) is 3.40. The van der Waals surface area contributed by atoms with Crippen LogP contribution in [0.2, 0.25) is 0 Å². The molecular weight excluding hydrogens is 392 g/mol. The minimum Gasteiger partial charge on any atom is -0.448 e. The number of fused-ring (bicyclic) bond motifs is 3. The van der Waals surface area contributed by atoms with Gasteiger partial charge in [-0.15, -0.1) is 0 Å². The standard InChI is InChI=1S/C17H17BrN2O3S/c1-15(2)16(3)6-7-17(15,23-13(16)22)12(21)20-14-19-10-5-4-9(18)8-11(10)24-14/h4-5,8H,6-7H2,1-3H3,(H,19,20,21)/t16-,17+/m0/s1. The lowest BCUT2D eigenvalue weighted by molar-refractivity contribution is -0.165. The summed E-state index contributed by atoms with van der Waals surface area (Å²) < 4.78 is 7.56. The number of amides is 1. The van der Waals surface area contributed by atoms with Crippen LogP contribution in [0.3, 0.4) is 0 Å². The Labute approximate surface area is 151 Å². The molecule has 2 heterocycles. The Morgan fingerprint density at radius 1 is 1.33 bits per heavy atom. The van der Waals surface area contributed by atoms with Crippen molar-refractivity contribution in [1.82, 2.24) is 4.98 Å². The van der Waals surface area contributed by atoms with Crippen molar-refractivity contribution in [2.75, 3.05) is 5.32 Å². The van der Waals surface area contributed by atoms with Gasteiger partial charge in [0, 0.05) is 9.89 Å². The number of thiazole rings is 1. The number of aromatic nitrogens is 1. The van der Waals surface area contributed by atoms with Crippen LogP contribution in [0.15, 0.2) is 22.7 Å². The van der Waals surface area contributed by atoms with Crippen molar-refractivity contribution in [1.29, 1.82) is 0 Å². The molecule has 2 bridgehead atoms. The van der Waals surface area contributed by atoms with Crippen molar-refractivity contribution in [3.05, 3.63) is 22.7 Å². The van der Waals surface area contributed by atoms with Crippen LogP contribution in [0.5, 0.6) is 0 Å². The summed E-state index contributed by atoms with van der Waals surface area (Å²) in [5.41, 5.74) is -1.45. The fourth-order valence-electron chi connectivity index (χ4n) is 3.90. The normalized spacial score (nSPS) is 30.6. The number of nitrogens with zero attached hydrogens (tertiary/aromatic N) is 1. The SMILES string of the molecule is CC1(C)[C@@]2(C)CC[C@]1(C(=O)Nc1nc3ccc(Br)cc3s1)OC2=O. The summed E-state index contributed by atoms with van der Waals surface area (Å²) in [5.74, 6) is -0.553. The molecule has 1 amide bonds. The van der Waals surface area contributed by atoms with E-state index in [1.807, 2.05) is 39.0 Å². The highest BCUT2D eigenvalue weighted by Gasteiger charge is 2.75. The first-order chi connectivity index (χ1) is 11.2. The van der Waals surface area contributed by atoms with Gasteiger partial charge in [-0.2, -0.15) is 0 Å². The average Bonchev–Trinajstić information content (AvgIpc) is 3.03. The summed E-state index contributed by atoms with van der Waals surface area (Å²) in [4.78, 5) is 29.8. The number of carbonyl (C=O) groups excluding carboxylic acids is 2. The molecule has 0 radical (unpaired) electrons. The molecule has 2 aliphatic rings. The largest absolute Gasteiger partial charge is 0.448 e. The molecule has 1 aliphatic heterocycles. The van der Waals surface area contributed by atoms with Crippen LogP contribution >= 0.6 is 27.3 Å². The first-order valence-electron chi connectivity index (χ1n) is 7.81. The number of rotatable bonds is 2. The quantitative estimate of drug-likeness (QED) is 0.758. The zero-order valence-electron chi connectivity index (χ0n) is 13.6. The summed E-state index contributed by atoms with van der Waals surface area (Å²) in [6, 6.07) is 5.78. The van der Waals surface area contributed by atoms with Gasteiger partial charge in [-0.25, -0.2) is 4.98 Å². The van der Waals surface area contributed by atoms with Gasteiger partial charge < -0.3 is 4.74 Å². The molecular formula is C17H17BrN2O3S. The Hall–Kier alpha value is -1.47. The summed E-state index contributed by atoms with van der Waals surface area (Å²) in [6.07, 6.45) is 1.21. The molecule has 1 aliphatic carbocycles. The minimum atomic E-state index is -1.11. The average molecular weight is 409 g/mol. The Balaban J connectivity index is 1.67. The maximum atomic E-state index is 13.0. The molecule has 126 valence electrons. The fourth-order valence-corrected chi connectivity index (χ4v) is 5.31. The van der Waals surface area contributed by atoms with Crippen LogP contribution in [0.1, 0.15) is 33.6 Å². The molecule has 1 aromatic heterocycles. The zero-order chi connectivity index (χ0) is 17.3. The lowest BCUT2D eigenvalue weighted by Gasteiger charge is -2.35. The second kappa shape index (κ2) is 4.79. The topological polar surface area (TPSA) is 68.3 Å². The second-order valence-corrected chi connectivity index (χ2v) is 9.21. The maximum absolute atomic E-state index is 13.0. The van der Waals surface area contributed by atoms with Gasteiger partial charge in [0.2, 0.25) is 0 Å². The molecule has 1 N–H and O–H groups in total. The van der Waals surface area contributed by atoms with E-state index >= 15 is 0 Å². The van der Waals surface area contributed by atoms with Crippen molar-refractivity contribution in [3.63, 3.8) is 0 Å². The molecule has 2 aromatic rings. The van der Waals surface area contributed by atoms with E-state index in [0.29, 0.717) is 18.0 Å². The Bertz CT molecular complexity index is 893. The van der Waals surface area contributed by atoms with E-state index in [-0.39, 0.29) is 11.9 Å². The third-order valence-corrected chi connectivity index (χ3v) is 7.45. The molecule has 4 rings (SSSR count). The van der Waals surface area contributed by atoms with Crippen molar-refractivity contribution in [2.24, 2.45) is 10.8 Å². The van der Waals surface area contributed by atoms with E-state index in [9.17, 15) is 9.59 Å². The van der Waals surface area contributed by atoms with Gasteiger partial charge in [0.25, 0.3) is 5.91 Å². The van der Waals surface area contributed by atoms with Crippen LogP contribution in [0.4, 0.5) is 5.13 Å². The molecule has 2 atom stereocenters. The zero-order valence-corrected chi connectivity index (χ0v) is 16.0. The highest BCUT2D eigenvalue weighted by Crippen LogP contribution is 2.65. The van der Waals surface area contributed by atoms with Crippen molar-refractivity contribution < 1.29 is 14.3 Å². The van der Waals surface area contributed by atoms with Crippen molar-refractivity contribution >= 4 is 54.5 Å². The number of ether oxygens (including phenoxy) is 1. The van der Waals surface area contributed by atoms with Gasteiger partial charge in [-0.3, -0.25) is 14.9 Å². The Kier molecular flexibility index (Phi) is 3.20. The van der Waals surface area contributed by atoms with Crippen LogP contribution < -0.4 is 5.32 Å². The van der Waals surface area contributed by atoms with Crippen LogP contribution in [-0.4, -0.2) is 22.5 Å². The van der Waals surface area contributed by atoms with E-state index in [4.69, 9.17) is 4.74 Å². The third kappa shape index (κ3) is 1.82. The van der Waals surface area contributed by atoms with E-state index in [2.05, 4.69) is 26.2 Å². The van der Waals surface area contributed by atoms with Gasteiger partial charge in [0.05, 0.1) is 15.6 Å². The molecule has 0 unspecified atom stereocenters. The number of benzene rings is 1. The highest BCUT2D eigenvalue weighted by atomic mass is 79.9. The molecule has 24 heavy (non-hydrogen) atoms. The molecule has 5 nitrogen and oxygen atoms in total. The highest BCUT2D eigenvalue weighted by molar-refractivity contribution is 9.10. The maximum Gasteiger partial charge on any atom is 0.313 e. The first kappa shape index (κ1) is 16.0. The number of hydrogen-bond donors (Lipinski definition) is 1. The summed E-state index contributed by atoms with van der Waals surface area (Å²) in [6.45, 7) is 5.78.